The van der Waals surface area contributed by atoms with Crippen molar-refractivity contribution in [3.8, 4) is 0 Å². The molecule has 5 aliphatic rings. The fraction of sp³-hybridized carbons (Fsp3) is 0.684. The molecule has 2 unspecified atom stereocenters. The molecule has 4 fully saturated rings. The van der Waals surface area contributed by atoms with Crippen LogP contribution < -0.4 is 0 Å². The third kappa shape index (κ3) is 1.36. The zero-order chi connectivity index (χ0) is 19.6. The molecule has 25 heavy (non-hydrogen) atoms. The number of hydrogen-bond acceptors (Lipinski definition) is 5. The smallest absolute Gasteiger partial charge is 0.316 e. The summed E-state index contributed by atoms with van der Waals surface area (Å²) in [6, 6.07) is 0. The van der Waals surface area contributed by atoms with Crippen LogP contribution in [0.1, 0.15) is 35.3 Å². The Kier molecular flexibility index (Phi) is 2.17. The molecule has 6 heteroatoms. The summed E-state index contributed by atoms with van der Waals surface area (Å²) in [4.78, 5) is 25.2. The fourth-order valence-electron chi connectivity index (χ4n) is 7.02. The molecule has 6 nitrogen and oxygen atoms in total. The van der Waals surface area contributed by atoms with E-state index in [1.165, 1.54) is 6.08 Å². The number of fused-ring (bicyclic) bond motifs is 1. The second kappa shape index (κ2) is 4.01. The molecule has 1 aliphatic heterocycles. The molecule has 0 aromatic heterocycles. The highest BCUT2D eigenvalue weighted by Gasteiger charge is 2.83. The van der Waals surface area contributed by atoms with Gasteiger partial charge >= 0.3 is 11.9 Å². The van der Waals surface area contributed by atoms with Crippen molar-refractivity contribution in [3.63, 3.8) is 0 Å². The minimum Gasteiger partial charge on any atom is -0.481 e. The highest BCUT2D eigenvalue weighted by molar-refractivity contribution is 5.86. The lowest BCUT2D eigenvalue weighted by atomic mass is 9.61. The second-order valence-corrected chi connectivity index (χ2v) is 8.81. The molecule has 3 N–H and O–H groups in total. The molecule has 1 saturated heterocycles. The van der Waals surface area contributed by atoms with E-state index in [-0.39, 0.29) is 24.3 Å². The van der Waals surface area contributed by atoms with Crippen molar-refractivity contribution in [1.82, 2.24) is 0 Å². The Bertz CT molecular complexity index is 849. The van der Waals surface area contributed by atoms with Gasteiger partial charge in [-0.05, 0) is 49.7 Å². The number of carbonyl (C=O) groups excluding carboxylic acids is 1. The summed E-state index contributed by atoms with van der Waals surface area (Å²) in [7, 11) is 0. The van der Waals surface area contributed by atoms with Gasteiger partial charge in [0, 0.05) is 11.8 Å². The molecule has 1 spiro atoms. The summed E-state index contributed by atoms with van der Waals surface area (Å²) in [5.41, 5.74) is -4.44. The number of aliphatic hydroxyl groups is 2. The van der Waals surface area contributed by atoms with Crippen molar-refractivity contribution in [1.29, 1.82) is 0 Å². The number of rotatable bonds is 1. The van der Waals surface area contributed by atoms with Crippen molar-refractivity contribution in [3.05, 3.63) is 24.3 Å². The molecule has 1 heterocycles. The molecular formula is C19H22O6. The van der Waals surface area contributed by atoms with Crippen molar-refractivity contribution in [2.24, 2.45) is 28.6 Å². The maximum Gasteiger partial charge on any atom is 0.316 e. The second-order valence-electron chi connectivity index (χ2n) is 8.81. The highest BCUT2D eigenvalue weighted by Crippen LogP contribution is 2.77. The van der Waals surface area contributed by atoms with Crippen LogP contribution in [-0.4, -0.2) is 44.6 Å². The lowest BCUT2D eigenvalue weighted by Crippen LogP contribution is -2.50. The first-order valence-corrected chi connectivity index (χ1v) is 8.76. The molecule has 5 rings (SSSR count). The monoisotopic (exact) mass is 349 g/mol. The molecule has 0 aromatic carbocycles. The van der Waals surface area contributed by atoms with E-state index in [1.807, 2.05) is 0 Å². The number of carbonyl (C=O) groups is 2. The van der Waals surface area contributed by atoms with Gasteiger partial charge in [-0.3, -0.25) is 9.59 Å². The number of carboxylic acid groups (broad SMARTS) is 1. The minimum atomic E-state index is -1.36. The third-order valence-corrected chi connectivity index (χ3v) is 7.99. The number of aliphatic carboxylic acids is 1. The van der Waals surface area contributed by atoms with Crippen molar-refractivity contribution >= 4 is 11.9 Å². The first-order valence-electron chi connectivity index (χ1n) is 9.76. The molecule has 8 atom stereocenters. The largest absolute Gasteiger partial charge is 0.481 e. The number of aliphatic hydroxyl groups excluding tert-OH is 1. The molecule has 4 aliphatic carbocycles. The predicted molar refractivity (Wildman–Crippen MR) is 85.2 cm³/mol. The molecule has 4 bridgehead atoms. The number of carboxylic acids is 1. The van der Waals surface area contributed by atoms with E-state index < -0.39 is 58.4 Å². The Balaban J connectivity index is 1.78. The van der Waals surface area contributed by atoms with Gasteiger partial charge in [-0.25, -0.2) is 0 Å². The van der Waals surface area contributed by atoms with Gasteiger partial charge in [0.2, 0.25) is 0 Å². The number of esters is 1. The first kappa shape index (κ1) is 13.5. The van der Waals surface area contributed by atoms with Crippen LogP contribution >= 0.6 is 0 Å². The van der Waals surface area contributed by atoms with Crippen molar-refractivity contribution in [2.45, 2.75) is 49.9 Å². The average Bonchev–Trinajstić information content (AvgIpc) is 3.02. The van der Waals surface area contributed by atoms with E-state index in [0.29, 0.717) is 12.8 Å². The van der Waals surface area contributed by atoms with Crippen molar-refractivity contribution in [2.75, 3.05) is 0 Å². The Labute approximate surface area is 148 Å². The normalized spacial score (nSPS) is 59.0. The highest BCUT2D eigenvalue weighted by atomic mass is 16.6. The SMILES string of the molecule is [2H][13C]([2H])=C1C[C@]23C[C@@]1(O)CC[C@H]2[C@@]12C=C[C@H](O)C(C)(C(=O)O1)C2[C@@H]3C(=O)O. The molecule has 3 saturated carbocycles. The van der Waals surface area contributed by atoms with Gasteiger partial charge in [0.1, 0.15) is 11.0 Å². The predicted octanol–water partition coefficient (Wildman–Crippen LogP) is 1.03. The molecular weight excluding hydrogens is 325 g/mol. The Morgan fingerprint density at radius 1 is 1.52 bits per heavy atom. The van der Waals surface area contributed by atoms with Gasteiger partial charge < -0.3 is 20.1 Å². The number of hydrogen-bond donors (Lipinski definition) is 3. The Morgan fingerprint density at radius 3 is 2.96 bits per heavy atom. The van der Waals surface area contributed by atoms with Crippen LogP contribution in [0.15, 0.2) is 24.3 Å². The average molecular weight is 349 g/mol. The fourth-order valence-corrected chi connectivity index (χ4v) is 7.02. The molecule has 0 aromatic rings. The van der Waals surface area contributed by atoms with Crippen LogP contribution in [0.4, 0.5) is 0 Å². The quantitative estimate of drug-likeness (QED) is 0.371. The summed E-state index contributed by atoms with van der Waals surface area (Å²) in [6.45, 7) is 1.11. The molecule has 0 radical (unpaired) electrons. The van der Waals surface area contributed by atoms with E-state index >= 15 is 0 Å². The first-order chi connectivity index (χ1) is 12.5. The zero-order valence-electron chi connectivity index (χ0n) is 15.9. The zero-order valence-corrected chi connectivity index (χ0v) is 13.9. The van der Waals surface area contributed by atoms with E-state index in [9.17, 15) is 24.9 Å². The van der Waals surface area contributed by atoms with Crippen molar-refractivity contribution < 1.29 is 32.4 Å². The van der Waals surface area contributed by atoms with Crippen LogP contribution in [0.25, 0.3) is 0 Å². The van der Waals surface area contributed by atoms with E-state index in [1.54, 1.807) is 13.0 Å². The summed E-state index contributed by atoms with van der Waals surface area (Å²) >= 11 is 0. The van der Waals surface area contributed by atoms with Gasteiger partial charge in [-0.1, -0.05) is 12.6 Å². The summed E-state index contributed by atoms with van der Waals surface area (Å²) < 4.78 is 21.4. The topological polar surface area (TPSA) is 104 Å². The van der Waals surface area contributed by atoms with Gasteiger partial charge in [-0.2, -0.15) is 0 Å². The summed E-state index contributed by atoms with van der Waals surface area (Å²) in [6.07, 6.45) is 3.10. The van der Waals surface area contributed by atoms with Gasteiger partial charge in [-0.15, -0.1) is 0 Å². The lowest BCUT2D eigenvalue weighted by molar-refractivity contribution is -0.163. The summed E-state index contributed by atoms with van der Waals surface area (Å²) in [5, 5.41) is 31.9. The Hall–Kier alpha value is -1.66. The molecule has 134 valence electrons. The van der Waals surface area contributed by atoms with Crippen LogP contribution in [-0.2, 0) is 14.3 Å². The Morgan fingerprint density at radius 2 is 2.28 bits per heavy atom. The summed E-state index contributed by atoms with van der Waals surface area (Å²) in [5.74, 6) is -3.75. The van der Waals surface area contributed by atoms with Gasteiger partial charge in [0.25, 0.3) is 0 Å². The van der Waals surface area contributed by atoms with Crippen LogP contribution in [0, 0.1) is 28.6 Å². The number of ether oxygens (including phenoxy) is 1. The van der Waals surface area contributed by atoms with E-state index in [0.717, 1.165) is 0 Å². The van der Waals surface area contributed by atoms with E-state index in [4.69, 9.17) is 7.48 Å². The molecule has 0 amide bonds. The van der Waals surface area contributed by atoms with Crippen LogP contribution in [0.5, 0.6) is 0 Å². The van der Waals surface area contributed by atoms with E-state index in [2.05, 4.69) is 0 Å². The minimum absolute atomic E-state index is 0.142. The lowest BCUT2D eigenvalue weighted by Gasteiger charge is -2.44. The third-order valence-electron chi connectivity index (χ3n) is 7.99. The standard InChI is InChI=1S/C19H22O6/c1-9-7-17-8-18(9,24)5-3-10(17)19-6-4-11(20)16(2,15(23)25-19)13(19)12(17)14(21)22/h4,6,10-13,20,24H,1,3,5,7-8H2,2H3,(H,21,22)/t10-,11+,12-,13?,16?,17+,18+,19-/m1/s1/i1+1D2. The maximum absolute atomic E-state index is 12.7. The maximum atomic E-state index is 12.7. The van der Waals surface area contributed by atoms with Crippen LogP contribution in [0.3, 0.4) is 0 Å². The van der Waals surface area contributed by atoms with Crippen LogP contribution in [0.2, 0.25) is 0 Å². The van der Waals surface area contributed by atoms with Gasteiger partial charge in [0.15, 0.2) is 0 Å². The van der Waals surface area contributed by atoms with Gasteiger partial charge in [0.05, 0.1) is 20.4 Å².